The Balaban J connectivity index is 1.25. The van der Waals surface area contributed by atoms with Gasteiger partial charge in [-0.3, -0.25) is 14.6 Å². The first-order valence-corrected chi connectivity index (χ1v) is 14.5. The summed E-state index contributed by atoms with van der Waals surface area (Å²) in [6.45, 7) is 4.85. The Bertz CT molecular complexity index is 1270. The van der Waals surface area contributed by atoms with Gasteiger partial charge in [-0.15, -0.1) is 0 Å². The highest BCUT2D eigenvalue weighted by molar-refractivity contribution is 5.76. The zero-order valence-corrected chi connectivity index (χ0v) is 23.4. The standard InChI is InChI=1S/C31H39N5O4/c1-24(37)35-19-16-31(17-20-35)15-6-4-10-25-9-2-3-12-27(25)39-22-21-36(23-31)29(38)14-8-13-28-33-30(34-40-28)26-11-5-7-18-32-26/h2-3,5,7,9,11-12,18H,4,6,8,10,13-17,19-23H2,1H3. The highest BCUT2D eigenvalue weighted by Gasteiger charge is 2.37. The van der Waals surface area contributed by atoms with Gasteiger partial charge in [-0.1, -0.05) is 35.8 Å². The molecule has 9 heteroatoms. The summed E-state index contributed by atoms with van der Waals surface area (Å²) in [7, 11) is 0. The van der Waals surface area contributed by atoms with E-state index in [-0.39, 0.29) is 17.2 Å². The fourth-order valence-electron chi connectivity index (χ4n) is 5.92. The number of pyridine rings is 1. The minimum absolute atomic E-state index is 0.0183. The van der Waals surface area contributed by atoms with Crippen LogP contribution in [0.15, 0.2) is 53.2 Å². The summed E-state index contributed by atoms with van der Waals surface area (Å²) in [4.78, 5) is 38.3. The number of ether oxygens (including phenoxy) is 1. The van der Waals surface area contributed by atoms with E-state index in [0.29, 0.717) is 56.4 Å². The summed E-state index contributed by atoms with van der Waals surface area (Å²) in [5, 5.41) is 4.04. The average Bonchev–Trinajstić information content (AvgIpc) is 3.44. The fourth-order valence-corrected chi connectivity index (χ4v) is 5.92. The van der Waals surface area contributed by atoms with Gasteiger partial charge in [-0.25, -0.2) is 0 Å². The van der Waals surface area contributed by atoms with Crippen LogP contribution >= 0.6 is 0 Å². The normalized spacial score (nSPS) is 17.8. The van der Waals surface area contributed by atoms with Crippen LogP contribution in [0.5, 0.6) is 5.75 Å². The molecule has 2 aliphatic heterocycles. The molecule has 40 heavy (non-hydrogen) atoms. The number of amides is 2. The Morgan fingerprint density at radius 2 is 1.80 bits per heavy atom. The number of benzene rings is 1. The molecule has 0 aliphatic carbocycles. The van der Waals surface area contributed by atoms with Gasteiger partial charge in [0.05, 0.1) is 6.54 Å². The number of likely N-dealkylation sites (tertiary alicyclic amines) is 1. The number of fused-ring (bicyclic) bond motifs is 1. The second kappa shape index (κ2) is 13.1. The lowest BCUT2D eigenvalue weighted by Crippen LogP contribution is -2.49. The highest BCUT2D eigenvalue weighted by Crippen LogP contribution is 2.38. The van der Waals surface area contributed by atoms with Crippen molar-refractivity contribution in [3.05, 3.63) is 60.1 Å². The molecule has 0 atom stereocenters. The maximum atomic E-state index is 13.6. The lowest BCUT2D eigenvalue weighted by Gasteiger charge is -2.44. The molecule has 0 saturated carbocycles. The van der Waals surface area contributed by atoms with E-state index in [1.165, 1.54) is 5.56 Å². The first-order chi connectivity index (χ1) is 19.5. The monoisotopic (exact) mass is 545 g/mol. The third-order valence-corrected chi connectivity index (χ3v) is 8.29. The lowest BCUT2D eigenvalue weighted by molar-refractivity contribution is -0.137. The van der Waals surface area contributed by atoms with Gasteiger partial charge in [-0.2, -0.15) is 4.98 Å². The number of nitrogens with zero attached hydrogens (tertiary/aromatic N) is 5. The summed E-state index contributed by atoms with van der Waals surface area (Å²) >= 11 is 0. The zero-order chi connectivity index (χ0) is 27.8. The lowest BCUT2D eigenvalue weighted by atomic mass is 9.73. The summed E-state index contributed by atoms with van der Waals surface area (Å²) in [6.07, 6.45) is 9.31. The maximum absolute atomic E-state index is 13.6. The van der Waals surface area contributed by atoms with Gasteiger partial charge >= 0.3 is 0 Å². The molecule has 2 amide bonds. The van der Waals surface area contributed by atoms with E-state index in [1.807, 2.05) is 40.1 Å². The quantitative estimate of drug-likeness (QED) is 0.457. The minimum atomic E-state index is 0.0183. The smallest absolute Gasteiger partial charge is 0.227 e. The average molecular weight is 546 g/mol. The van der Waals surface area contributed by atoms with Crippen LogP contribution in [-0.4, -0.2) is 69.5 Å². The van der Waals surface area contributed by atoms with Crippen molar-refractivity contribution in [3.8, 4) is 17.3 Å². The number of para-hydroxylation sites is 1. The second-order valence-electron chi connectivity index (χ2n) is 11.1. The van der Waals surface area contributed by atoms with Crippen LogP contribution in [0, 0.1) is 5.41 Å². The molecule has 1 spiro atoms. The molecular formula is C31H39N5O4. The van der Waals surface area contributed by atoms with Crippen molar-refractivity contribution in [1.82, 2.24) is 24.9 Å². The third-order valence-electron chi connectivity index (χ3n) is 8.29. The van der Waals surface area contributed by atoms with E-state index in [4.69, 9.17) is 9.26 Å². The predicted molar refractivity (Wildman–Crippen MR) is 150 cm³/mol. The van der Waals surface area contributed by atoms with Crippen molar-refractivity contribution >= 4 is 11.8 Å². The molecule has 1 aromatic carbocycles. The highest BCUT2D eigenvalue weighted by atomic mass is 16.5. The number of carbonyl (C=O) groups excluding carboxylic acids is 2. The van der Waals surface area contributed by atoms with E-state index >= 15 is 0 Å². The van der Waals surface area contributed by atoms with Gasteiger partial charge in [-0.05, 0) is 67.7 Å². The summed E-state index contributed by atoms with van der Waals surface area (Å²) in [5.74, 6) is 2.14. The van der Waals surface area contributed by atoms with Gasteiger partial charge < -0.3 is 19.1 Å². The van der Waals surface area contributed by atoms with Crippen molar-refractivity contribution < 1.29 is 18.8 Å². The summed E-state index contributed by atoms with van der Waals surface area (Å²) in [6, 6.07) is 13.8. The molecule has 2 aliphatic rings. The number of hydrogen-bond acceptors (Lipinski definition) is 7. The largest absolute Gasteiger partial charge is 0.491 e. The first kappa shape index (κ1) is 27.8. The van der Waals surface area contributed by atoms with Gasteiger partial charge in [0.2, 0.25) is 23.5 Å². The van der Waals surface area contributed by atoms with E-state index < -0.39 is 0 Å². The Morgan fingerprint density at radius 3 is 2.60 bits per heavy atom. The Hall–Kier alpha value is -3.75. The number of rotatable bonds is 5. The molecule has 9 nitrogen and oxygen atoms in total. The molecule has 1 saturated heterocycles. The molecule has 1 fully saturated rings. The van der Waals surface area contributed by atoms with Gasteiger partial charge in [0.1, 0.15) is 18.1 Å². The number of hydrogen-bond donors (Lipinski definition) is 0. The third kappa shape index (κ3) is 7.06. The Labute approximate surface area is 235 Å². The van der Waals surface area contributed by atoms with Crippen molar-refractivity contribution in [1.29, 1.82) is 0 Å². The second-order valence-corrected chi connectivity index (χ2v) is 11.1. The predicted octanol–water partition coefficient (Wildman–Crippen LogP) is 4.72. The van der Waals surface area contributed by atoms with Crippen LogP contribution < -0.4 is 4.74 Å². The molecule has 4 heterocycles. The molecule has 3 aromatic rings. The minimum Gasteiger partial charge on any atom is -0.491 e. The SMILES string of the molecule is CC(=O)N1CCC2(CCCCc3ccccc3OCCN(C(=O)CCCc3nc(-c4ccccn4)no3)C2)CC1. The summed E-state index contributed by atoms with van der Waals surface area (Å²) < 4.78 is 11.6. The van der Waals surface area contributed by atoms with Crippen LogP contribution in [0.3, 0.4) is 0 Å². The van der Waals surface area contributed by atoms with Gasteiger partial charge in [0.15, 0.2) is 0 Å². The Kier molecular flexibility index (Phi) is 9.08. The number of aryl methyl sites for hydroxylation is 2. The number of aromatic nitrogens is 3. The molecule has 2 aromatic heterocycles. The maximum Gasteiger partial charge on any atom is 0.227 e. The molecular weight excluding hydrogens is 506 g/mol. The fraction of sp³-hybridized carbons (Fsp3) is 0.516. The molecule has 0 bridgehead atoms. The molecule has 5 rings (SSSR count). The molecule has 0 radical (unpaired) electrons. The topological polar surface area (TPSA) is 102 Å². The van der Waals surface area contributed by atoms with Crippen molar-refractivity contribution in [3.63, 3.8) is 0 Å². The van der Waals surface area contributed by atoms with Gasteiger partial charge in [0.25, 0.3) is 0 Å². The van der Waals surface area contributed by atoms with Crippen LogP contribution in [0.25, 0.3) is 11.5 Å². The van der Waals surface area contributed by atoms with Crippen molar-refractivity contribution in [2.24, 2.45) is 5.41 Å². The summed E-state index contributed by atoms with van der Waals surface area (Å²) in [5.41, 5.74) is 1.91. The van der Waals surface area contributed by atoms with Crippen LogP contribution in [0.2, 0.25) is 0 Å². The van der Waals surface area contributed by atoms with Gasteiger partial charge in [0, 0.05) is 45.6 Å². The number of piperidine rings is 1. The zero-order valence-electron chi connectivity index (χ0n) is 23.4. The molecule has 0 N–H and O–H groups in total. The first-order valence-electron chi connectivity index (χ1n) is 14.5. The van der Waals surface area contributed by atoms with Crippen molar-refractivity contribution in [2.45, 2.75) is 64.7 Å². The van der Waals surface area contributed by atoms with Crippen LogP contribution in [0.4, 0.5) is 0 Å². The Morgan fingerprint density at radius 1 is 0.975 bits per heavy atom. The molecule has 212 valence electrons. The van der Waals surface area contributed by atoms with E-state index in [0.717, 1.165) is 57.4 Å². The van der Waals surface area contributed by atoms with E-state index in [9.17, 15) is 9.59 Å². The number of carbonyl (C=O) groups is 2. The van der Waals surface area contributed by atoms with Crippen LogP contribution in [0.1, 0.15) is 63.3 Å². The van der Waals surface area contributed by atoms with E-state index in [1.54, 1.807) is 13.1 Å². The van der Waals surface area contributed by atoms with E-state index in [2.05, 4.69) is 27.3 Å². The van der Waals surface area contributed by atoms with Crippen molar-refractivity contribution in [2.75, 3.05) is 32.8 Å². The van der Waals surface area contributed by atoms with Crippen LogP contribution in [-0.2, 0) is 22.4 Å². The molecule has 0 unspecified atom stereocenters.